The number of carbonyl (C=O) groups is 2. The van der Waals surface area contributed by atoms with Gasteiger partial charge >= 0.3 is 6.09 Å². The van der Waals surface area contributed by atoms with Crippen molar-refractivity contribution in [2.24, 2.45) is 5.92 Å². The summed E-state index contributed by atoms with van der Waals surface area (Å²) in [6.07, 6.45) is -0.579. The van der Waals surface area contributed by atoms with Gasteiger partial charge in [-0.05, 0) is 33.6 Å². The molecule has 1 unspecified atom stereocenters. The van der Waals surface area contributed by atoms with Crippen LogP contribution in [-0.2, 0) is 9.53 Å². The Labute approximate surface area is 103 Å². The van der Waals surface area contributed by atoms with E-state index in [-0.39, 0.29) is 18.5 Å². The number of alkyl carbamates (subject to hydrolysis) is 1. The summed E-state index contributed by atoms with van der Waals surface area (Å²) in [4.78, 5) is 22.7. The summed E-state index contributed by atoms with van der Waals surface area (Å²) in [7, 11) is 0. The second kappa shape index (κ2) is 6.47. The molecule has 0 aromatic rings. The van der Waals surface area contributed by atoms with E-state index in [1.165, 1.54) is 0 Å². The van der Waals surface area contributed by atoms with Gasteiger partial charge < -0.3 is 15.4 Å². The van der Waals surface area contributed by atoms with Gasteiger partial charge in [-0.3, -0.25) is 4.79 Å². The third kappa shape index (κ3) is 8.54. The highest BCUT2D eigenvalue weighted by atomic mass is 16.6. The van der Waals surface area contributed by atoms with Crippen molar-refractivity contribution in [2.75, 3.05) is 6.54 Å². The molecule has 1 atom stereocenters. The molecule has 17 heavy (non-hydrogen) atoms. The summed E-state index contributed by atoms with van der Waals surface area (Å²) < 4.78 is 5.01. The lowest BCUT2D eigenvalue weighted by Gasteiger charge is -2.20. The maximum atomic E-state index is 11.4. The van der Waals surface area contributed by atoms with E-state index in [1.807, 2.05) is 20.8 Å². The van der Waals surface area contributed by atoms with Gasteiger partial charge in [-0.15, -0.1) is 0 Å². The zero-order chi connectivity index (χ0) is 13.6. The molecule has 0 aliphatic heterocycles. The molecule has 0 saturated carbocycles. The predicted octanol–water partition coefficient (Wildman–Crippen LogP) is 1.67. The number of carbonyl (C=O) groups excluding carboxylic acids is 2. The van der Waals surface area contributed by atoms with Gasteiger partial charge in [0.25, 0.3) is 0 Å². The van der Waals surface area contributed by atoms with E-state index in [0.29, 0.717) is 5.92 Å². The SMILES string of the molecule is CC(C)C(C)NC(=O)CNC(=O)OC(C)(C)C. The summed E-state index contributed by atoms with van der Waals surface area (Å²) in [5.41, 5.74) is -0.550. The Morgan fingerprint density at radius 2 is 1.71 bits per heavy atom. The molecule has 0 aromatic carbocycles. The molecule has 0 spiro atoms. The van der Waals surface area contributed by atoms with E-state index in [1.54, 1.807) is 20.8 Å². The van der Waals surface area contributed by atoms with Crippen LogP contribution in [0.2, 0.25) is 0 Å². The van der Waals surface area contributed by atoms with Crippen LogP contribution in [0.1, 0.15) is 41.5 Å². The standard InChI is InChI=1S/C12H24N2O3/c1-8(2)9(3)14-10(15)7-13-11(16)17-12(4,5)6/h8-9H,7H2,1-6H3,(H,13,16)(H,14,15). The first-order valence-corrected chi connectivity index (χ1v) is 5.88. The van der Waals surface area contributed by atoms with E-state index in [4.69, 9.17) is 4.74 Å². The fourth-order valence-corrected chi connectivity index (χ4v) is 0.938. The number of rotatable bonds is 4. The molecule has 0 aliphatic carbocycles. The molecular weight excluding hydrogens is 220 g/mol. The van der Waals surface area contributed by atoms with Crippen molar-refractivity contribution in [3.8, 4) is 0 Å². The van der Waals surface area contributed by atoms with Gasteiger partial charge in [0.1, 0.15) is 12.1 Å². The Kier molecular flexibility index (Phi) is 5.99. The minimum absolute atomic E-state index is 0.0635. The van der Waals surface area contributed by atoms with Gasteiger partial charge in [0.05, 0.1) is 0 Å². The monoisotopic (exact) mass is 244 g/mol. The van der Waals surface area contributed by atoms with E-state index in [2.05, 4.69) is 10.6 Å². The minimum Gasteiger partial charge on any atom is -0.444 e. The molecule has 0 aliphatic rings. The van der Waals surface area contributed by atoms with Crippen LogP contribution in [0, 0.1) is 5.92 Å². The highest BCUT2D eigenvalue weighted by Gasteiger charge is 2.17. The van der Waals surface area contributed by atoms with Crippen LogP contribution in [-0.4, -0.2) is 30.2 Å². The van der Waals surface area contributed by atoms with Crippen molar-refractivity contribution in [1.29, 1.82) is 0 Å². The van der Waals surface area contributed by atoms with Crippen molar-refractivity contribution >= 4 is 12.0 Å². The Morgan fingerprint density at radius 3 is 2.12 bits per heavy atom. The van der Waals surface area contributed by atoms with Crippen LogP contribution in [0.5, 0.6) is 0 Å². The van der Waals surface area contributed by atoms with Crippen LogP contribution in [0.3, 0.4) is 0 Å². The molecule has 100 valence electrons. The topological polar surface area (TPSA) is 67.4 Å². The third-order valence-electron chi connectivity index (χ3n) is 2.18. The molecule has 0 saturated heterocycles. The molecular formula is C12H24N2O3. The van der Waals surface area contributed by atoms with Gasteiger partial charge in [0.15, 0.2) is 0 Å². The van der Waals surface area contributed by atoms with Crippen molar-refractivity contribution in [2.45, 2.75) is 53.2 Å². The molecule has 2 N–H and O–H groups in total. The van der Waals surface area contributed by atoms with Crippen LogP contribution >= 0.6 is 0 Å². The van der Waals surface area contributed by atoms with Gasteiger partial charge in [-0.1, -0.05) is 13.8 Å². The molecule has 5 nitrogen and oxygen atoms in total. The lowest BCUT2D eigenvalue weighted by molar-refractivity contribution is -0.121. The van der Waals surface area contributed by atoms with E-state index in [0.717, 1.165) is 0 Å². The van der Waals surface area contributed by atoms with Crippen LogP contribution < -0.4 is 10.6 Å². The van der Waals surface area contributed by atoms with Crippen molar-refractivity contribution in [3.63, 3.8) is 0 Å². The van der Waals surface area contributed by atoms with Crippen molar-refractivity contribution < 1.29 is 14.3 Å². The van der Waals surface area contributed by atoms with Gasteiger partial charge in [0, 0.05) is 6.04 Å². The lowest BCUT2D eigenvalue weighted by atomic mass is 10.1. The highest BCUT2D eigenvalue weighted by Crippen LogP contribution is 2.06. The van der Waals surface area contributed by atoms with Crippen molar-refractivity contribution in [3.05, 3.63) is 0 Å². The number of nitrogens with one attached hydrogen (secondary N) is 2. The highest BCUT2D eigenvalue weighted by molar-refractivity contribution is 5.82. The zero-order valence-corrected chi connectivity index (χ0v) is 11.6. The molecule has 0 radical (unpaired) electrons. The van der Waals surface area contributed by atoms with Gasteiger partial charge in [0.2, 0.25) is 5.91 Å². The summed E-state index contributed by atoms with van der Waals surface area (Å²) >= 11 is 0. The van der Waals surface area contributed by atoms with E-state index >= 15 is 0 Å². The van der Waals surface area contributed by atoms with E-state index in [9.17, 15) is 9.59 Å². The summed E-state index contributed by atoms with van der Waals surface area (Å²) in [5.74, 6) is 0.150. The summed E-state index contributed by atoms with van der Waals surface area (Å²) in [5, 5.41) is 5.20. The zero-order valence-electron chi connectivity index (χ0n) is 11.6. The van der Waals surface area contributed by atoms with E-state index < -0.39 is 11.7 Å². The average molecular weight is 244 g/mol. The number of hydrogen-bond acceptors (Lipinski definition) is 3. The smallest absolute Gasteiger partial charge is 0.408 e. The number of ether oxygens (including phenoxy) is 1. The fraction of sp³-hybridized carbons (Fsp3) is 0.833. The maximum Gasteiger partial charge on any atom is 0.408 e. The largest absolute Gasteiger partial charge is 0.444 e. The molecule has 5 heteroatoms. The molecule has 0 bridgehead atoms. The number of hydrogen-bond donors (Lipinski definition) is 2. The predicted molar refractivity (Wildman–Crippen MR) is 66.7 cm³/mol. The average Bonchev–Trinajstić information content (AvgIpc) is 2.11. The van der Waals surface area contributed by atoms with Crippen LogP contribution in [0.4, 0.5) is 4.79 Å². The van der Waals surface area contributed by atoms with Crippen LogP contribution in [0.15, 0.2) is 0 Å². The van der Waals surface area contributed by atoms with Crippen molar-refractivity contribution in [1.82, 2.24) is 10.6 Å². The fourth-order valence-electron chi connectivity index (χ4n) is 0.938. The molecule has 0 aromatic heterocycles. The van der Waals surface area contributed by atoms with Gasteiger partial charge in [-0.25, -0.2) is 4.79 Å². The lowest BCUT2D eigenvalue weighted by Crippen LogP contribution is -2.43. The summed E-state index contributed by atoms with van der Waals surface area (Å²) in [6.45, 7) is 11.2. The number of amides is 2. The van der Waals surface area contributed by atoms with Gasteiger partial charge in [-0.2, -0.15) is 0 Å². The molecule has 0 fully saturated rings. The second-order valence-corrected chi connectivity index (χ2v) is 5.46. The normalized spacial score (nSPS) is 13.1. The second-order valence-electron chi connectivity index (χ2n) is 5.46. The maximum absolute atomic E-state index is 11.4. The van der Waals surface area contributed by atoms with Crippen LogP contribution in [0.25, 0.3) is 0 Å². The first-order chi connectivity index (χ1) is 7.61. The first kappa shape index (κ1) is 15.7. The first-order valence-electron chi connectivity index (χ1n) is 5.88. The minimum atomic E-state index is -0.579. The Hall–Kier alpha value is -1.26. The Bertz CT molecular complexity index is 269. The Morgan fingerprint density at radius 1 is 1.18 bits per heavy atom. The quantitative estimate of drug-likeness (QED) is 0.790. The third-order valence-corrected chi connectivity index (χ3v) is 2.18. The molecule has 0 heterocycles. The molecule has 2 amide bonds. The molecule has 0 rings (SSSR count). The summed E-state index contributed by atoms with van der Waals surface area (Å²) in [6, 6.07) is 0.0861. The Balaban J connectivity index is 3.89.